The lowest BCUT2D eigenvalue weighted by molar-refractivity contribution is -0.158. The molecule has 0 aliphatic heterocycles. The van der Waals surface area contributed by atoms with E-state index < -0.39 is 48.9 Å². The molecule has 0 saturated heterocycles. The molecule has 0 spiro atoms. The summed E-state index contributed by atoms with van der Waals surface area (Å²) in [5.41, 5.74) is 6.69. The fraction of sp³-hybridized carbons (Fsp3) is 0.650. The van der Waals surface area contributed by atoms with E-state index in [0.29, 0.717) is 12.6 Å². The molecule has 3 N–H and O–H groups in total. The van der Waals surface area contributed by atoms with E-state index in [0.717, 1.165) is 6.20 Å². The first kappa shape index (κ1) is 25.2. The number of hydrogen-bond donors (Lipinski definition) is 2. The number of amides is 1. The summed E-state index contributed by atoms with van der Waals surface area (Å²) in [5, 5.41) is 5.73. The van der Waals surface area contributed by atoms with Crippen LogP contribution in [0, 0.1) is 5.92 Å². The predicted molar refractivity (Wildman–Crippen MR) is 104 cm³/mol. The number of imidazole rings is 1. The highest BCUT2D eigenvalue weighted by atomic mass is 19.4. The van der Waals surface area contributed by atoms with Gasteiger partial charge >= 0.3 is 6.18 Å². The van der Waals surface area contributed by atoms with Gasteiger partial charge in [-0.25, -0.2) is 27.1 Å². The molecule has 6 nitrogen and oxygen atoms in total. The van der Waals surface area contributed by atoms with Crippen LogP contribution in [0.4, 0.5) is 30.7 Å². The number of nitrogens with two attached hydrogens (primary N) is 1. The Kier molecular flexibility index (Phi) is 7.20. The van der Waals surface area contributed by atoms with E-state index in [1.54, 1.807) is 5.32 Å². The first-order valence-electron chi connectivity index (χ1n) is 10.4. The number of halogens is 7. The summed E-state index contributed by atoms with van der Waals surface area (Å²) in [6.45, 7) is 0.710. The van der Waals surface area contributed by atoms with E-state index in [1.165, 1.54) is 16.8 Å². The highest BCUT2D eigenvalue weighted by molar-refractivity contribution is 5.84. The number of nitrogens with one attached hydrogen (secondary N) is 1. The molecular formula is C20H24F7N5O. The molecule has 13 heteroatoms. The number of aromatic nitrogens is 3. The van der Waals surface area contributed by atoms with Crippen molar-refractivity contribution in [2.24, 2.45) is 11.7 Å². The summed E-state index contributed by atoms with van der Waals surface area (Å²) in [6.07, 6.45) is -6.22. The van der Waals surface area contributed by atoms with Crippen molar-refractivity contribution in [3.63, 3.8) is 0 Å². The van der Waals surface area contributed by atoms with E-state index in [2.05, 4.69) is 10.1 Å². The first-order valence-corrected chi connectivity index (χ1v) is 10.4. The molecule has 33 heavy (non-hydrogen) atoms. The molecule has 1 aliphatic carbocycles. The summed E-state index contributed by atoms with van der Waals surface area (Å²) in [4.78, 5) is 16.7. The number of carbonyl (C=O) groups is 1. The normalized spacial score (nSPS) is 20.1. The quantitative estimate of drug-likeness (QED) is 0.574. The molecule has 0 radical (unpaired) electrons. The third-order valence-corrected chi connectivity index (χ3v) is 5.95. The zero-order valence-electron chi connectivity index (χ0n) is 17.6. The summed E-state index contributed by atoms with van der Waals surface area (Å²) >= 11 is 0. The Bertz CT molecular complexity index is 967. The van der Waals surface area contributed by atoms with Crippen molar-refractivity contribution < 1.29 is 35.5 Å². The van der Waals surface area contributed by atoms with Gasteiger partial charge in [0.25, 0.3) is 0 Å². The van der Waals surface area contributed by atoms with E-state index in [1.807, 2.05) is 0 Å². The van der Waals surface area contributed by atoms with Crippen molar-refractivity contribution in [3.05, 3.63) is 29.7 Å². The molecule has 184 valence electrons. The highest BCUT2D eigenvalue weighted by Crippen LogP contribution is 2.40. The zero-order valence-corrected chi connectivity index (χ0v) is 17.6. The lowest BCUT2D eigenvalue weighted by atomic mass is 9.81. The van der Waals surface area contributed by atoms with Gasteiger partial charge in [0, 0.05) is 19.3 Å². The molecule has 3 unspecified atom stereocenters. The molecule has 2 heterocycles. The molecule has 1 amide bonds. The molecule has 0 bridgehead atoms. The van der Waals surface area contributed by atoms with Crippen LogP contribution in [-0.2, 0) is 4.79 Å². The van der Waals surface area contributed by atoms with Crippen molar-refractivity contribution in [2.45, 2.75) is 75.6 Å². The van der Waals surface area contributed by atoms with Crippen LogP contribution in [0.25, 0.3) is 5.65 Å². The van der Waals surface area contributed by atoms with Crippen LogP contribution in [0.5, 0.6) is 0 Å². The fourth-order valence-corrected chi connectivity index (χ4v) is 3.89. The Morgan fingerprint density at radius 2 is 1.94 bits per heavy atom. The van der Waals surface area contributed by atoms with Gasteiger partial charge in [-0.2, -0.15) is 18.3 Å². The van der Waals surface area contributed by atoms with E-state index in [4.69, 9.17) is 5.73 Å². The molecule has 2 aromatic rings. The van der Waals surface area contributed by atoms with Gasteiger partial charge in [0.2, 0.25) is 18.3 Å². The van der Waals surface area contributed by atoms with Crippen LogP contribution in [0.1, 0.15) is 62.2 Å². The van der Waals surface area contributed by atoms with Crippen molar-refractivity contribution >= 4 is 11.6 Å². The number of rotatable bonds is 7. The first-order chi connectivity index (χ1) is 15.3. The van der Waals surface area contributed by atoms with Crippen molar-refractivity contribution in [3.8, 4) is 0 Å². The van der Waals surface area contributed by atoms with Gasteiger partial charge in [0.1, 0.15) is 6.04 Å². The maximum atomic E-state index is 13.4. The van der Waals surface area contributed by atoms with Gasteiger partial charge in [-0.1, -0.05) is 0 Å². The van der Waals surface area contributed by atoms with Gasteiger partial charge in [0.05, 0.1) is 30.0 Å². The Labute approximate surface area is 184 Å². The van der Waals surface area contributed by atoms with E-state index in [-0.39, 0.29) is 42.8 Å². The van der Waals surface area contributed by atoms with Crippen LogP contribution in [0.2, 0.25) is 0 Å². The Morgan fingerprint density at radius 1 is 1.30 bits per heavy atom. The van der Waals surface area contributed by atoms with Gasteiger partial charge in [-0.15, -0.1) is 0 Å². The smallest absolute Gasteiger partial charge is 0.344 e. The monoisotopic (exact) mass is 483 g/mol. The summed E-state index contributed by atoms with van der Waals surface area (Å²) in [7, 11) is 0. The predicted octanol–water partition coefficient (Wildman–Crippen LogP) is 4.36. The van der Waals surface area contributed by atoms with Gasteiger partial charge in [0.15, 0.2) is 5.65 Å². The van der Waals surface area contributed by atoms with Crippen LogP contribution < -0.4 is 11.1 Å². The topological polar surface area (TPSA) is 85.3 Å². The fourth-order valence-electron chi connectivity index (χ4n) is 3.89. The second-order valence-corrected chi connectivity index (χ2v) is 8.43. The number of hydrogen-bond acceptors (Lipinski definition) is 4. The minimum atomic E-state index is -4.73. The van der Waals surface area contributed by atoms with Crippen LogP contribution in [-0.4, -0.2) is 45.1 Å². The largest absolute Gasteiger partial charge is 0.408 e. The Hall–Kier alpha value is -2.44. The van der Waals surface area contributed by atoms with Gasteiger partial charge in [-0.3, -0.25) is 4.79 Å². The summed E-state index contributed by atoms with van der Waals surface area (Å²) < 4.78 is 92.6. The zero-order chi connectivity index (χ0) is 24.6. The average Bonchev–Trinajstić information content (AvgIpc) is 3.14. The minimum Gasteiger partial charge on any atom is -0.344 e. The Balaban J connectivity index is 1.82. The third-order valence-electron chi connectivity index (χ3n) is 5.95. The summed E-state index contributed by atoms with van der Waals surface area (Å²) in [5.74, 6) is -5.73. The second kappa shape index (κ2) is 9.43. The molecule has 3 rings (SSSR count). The average molecular weight is 483 g/mol. The van der Waals surface area contributed by atoms with Gasteiger partial charge in [-0.05, 0) is 37.3 Å². The van der Waals surface area contributed by atoms with Crippen LogP contribution in [0.3, 0.4) is 0 Å². The highest BCUT2D eigenvalue weighted by Gasteiger charge is 2.39. The minimum absolute atomic E-state index is 0.0299. The van der Waals surface area contributed by atoms with Crippen LogP contribution >= 0.6 is 0 Å². The lowest BCUT2D eigenvalue weighted by Crippen LogP contribution is -2.45. The number of carbonyl (C=O) groups excluding carboxylic acids is 1. The summed E-state index contributed by atoms with van der Waals surface area (Å²) in [6, 6.07) is -1.59. The van der Waals surface area contributed by atoms with Crippen molar-refractivity contribution in [1.29, 1.82) is 0 Å². The third kappa shape index (κ3) is 6.12. The number of nitrogens with zero attached hydrogens (tertiary/aromatic N) is 3. The SMILES string of the molecule is CC(NC(=O)C(CC(F)F)c1cnn2cc(C(N)C3CCC(F)(F)CC3)nc2c1)C(F)(F)F. The van der Waals surface area contributed by atoms with E-state index in [9.17, 15) is 35.5 Å². The van der Waals surface area contributed by atoms with Crippen molar-refractivity contribution in [2.75, 3.05) is 0 Å². The molecule has 1 fully saturated rings. The van der Waals surface area contributed by atoms with Crippen LogP contribution in [0.15, 0.2) is 18.5 Å². The second-order valence-electron chi connectivity index (χ2n) is 8.43. The Morgan fingerprint density at radius 3 is 2.52 bits per heavy atom. The molecule has 2 aromatic heterocycles. The molecule has 3 atom stereocenters. The van der Waals surface area contributed by atoms with E-state index >= 15 is 0 Å². The van der Waals surface area contributed by atoms with Gasteiger partial charge < -0.3 is 11.1 Å². The molecule has 1 saturated carbocycles. The molecular weight excluding hydrogens is 459 g/mol. The molecule has 1 aliphatic rings. The van der Waals surface area contributed by atoms with Crippen molar-refractivity contribution in [1.82, 2.24) is 19.9 Å². The lowest BCUT2D eigenvalue weighted by Gasteiger charge is -2.31. The molecule has 0 aromatic carbocycles. The maximum absolute atomic E-state index is 13.4. The number of fused-ring (bicyclic) bond motifs is 1. The number of alkyl halides is 7. The standard InChI is InChI=1S/C20H24F7N5O/c1-10(20(25,26)27)30-18(33)13(7-15(21)22)12-6-16-31-14(9-32(16)29-8-12)17(28)11-2-4-19(23,24)5-3-11/h6,8-11,13,15,17H,2-5,7,28H2,1H3,(H,30,33). The maximum Gasteiger partial charge on any atom is 0.408 e.